The third kappa shape index (κ3) is 6.18. The molecule has 0 spiro atoms. The third-order valence-electron chi connectivity index (χ3n) is 4.62. The van der Waals surface area contributed by atoms with Crippen LogP contribution in [0.25, 0.3) is 6.08 Å². The number of carboxylic acids is 1. The number of aromatic carboxylic acids is 1. The van der Waals surface area contributed by atoms with Crippen LogP contribution in [0.2, 0.25) is 0 Å². The summed E-state index contributed by atoms with van der Waals surface area (Å²) in [5.74, 6) is -1.95. The number of carbonyl (C=O) groups is 4. The molecular formula is C24H21N2O5S-. The number of allylic oxidation sites excluding steroid dienone is 2. The number of hydrogen-bond acceptors (Lipinski definition) is 6. The Hall–Kier alpha value is -3.65. The molecule has 1 N–H and O–H groups in total. The fourth-order valence-corrected chi connectivity index (χ4v) is 3.98. The van der Waals surface area contributed by atoms with E-state index in [9.17, 15) is 24.3 Å². The highest BCUT2D eigenvalue weighted by Crippen LogP contribution is 2.32. The Bertz CT molecular complexity index is 1090. The normalized spacial score (nSPS) is 15.3. The molecule has 2 aromatic carbocycles. The van der Waals surface area contributed by atoms with Crippen molar-refractivity contribution >= 4 is 46.5 Å². The summed E-state index contributed by atoms with van der Waals surface area (Å²) in [4.78, 5) is 49.2. The molecule has 32 heavy (non-hydrogen) atoms. The highest BCUT2D eigenvalue weighted by molar-refractivity contribution is 8.18. The van der Waals surface area contributed by atoms with Crippen LogP contribution in [0, 0.1) is 0 Å². The Morgan fingerprint density at radius 3 is 2.41 bits per heavy atom. The maximum Gasteiger partial charge on any atom is 0.293 e. The maximum absolute atomic E-state index is 12.6. The first-order chi connectivity index (χ1) is 15.3. The van der Waals surface area contributed by atoms with Crippen molar-refractivity contribution in [3.8, 4) is 0 Å². The summed E-state index contributed by atoms with van der Waals surface area (Å²) in [5, 5.41) is 13.0. The molecule has 0 aliphatic carbocycles. The summed E-state index contributed by atoms with van der Waals surface area (Å²) in [6.07, 6.45) is 4.04. The lowest BCUT2D eigenvalue weighted by Crippen LogP contribution is -2.29. The minimum absolute atomic E-state index is 0.0178. The van der Waals surface area contributed by atoms with Crippen molar-refractivity contribution in [1.82, 2.24) is 4.90 Å². The molecule has 1 aliphatic heterocycles. The number of rotatable bonds is 8. The molecule has 0 bridgehead atoms. The minimum atomic E-state index is -1.29. The average molecular weight is 450 g/mol. The van der Waals surface area contributed by atoms with Crippen LogP contribution in [0.1, 0.15) is 35.7 Å². The quantitative estimate of drug-likeness (QED) is 0.619. The predicted octanol–water partition coefficient (Wildman–Crippen LogP) is 3.45. The largest absolute Gasteiger partial charge is 0.545 e. The number of nitrogens with one attached hydrogen (secondary N) is 1. The van der Waals surface area contributed by atoms with Gasteiger partial charge in [-0.05, 0) is 60.0 Å². The van der Waals surface area contributed by atoms with Crippen molar-refractivity contribution in [3.63, 3.8) is 0 Å². The molecule has 7 nitrogen and oxygen atoms in total. The van der Waals surface area contributed by atoms with E-state index in [1.54, 1.807) is 6.08 Å². The van der Waals surface area contributed by atoms with Gasteiger partial charge in [0.05, 0.1) is 10.9 Å². The monoisotopic (exact) mass is 449 g/mol. The summed E-state index contributed by atoms with van der Waals surface area (Å²) >= 11 is 0.890. The van der Waals surface area contributed by atoms with Gasteiger partial charge in [0.25, 0.3) is 11.1 Å². The maximum atomic E-state index is 12.6. The lowest BCUT2D eigenvalue weighted by atomic mass is 10.1. The van der Waals surface area contributed by atoms with Gasteiger partial charge in [-0.1, -0.05) is 48.5 Å². The Morgan fingerprint density at radius 2 is 1.75 bits per heavy atom. The van der Waals surface area contributed by atoms with E-state index in [1.807, 2.05) is 43.3 Å². The predicted molar refractivity (Wildman–Crippen MR) is 122 cm³/mol. The molecule has 1 saturated heterocycles. The zero-order chi connectivity index (χ0) is 23.1. The van der Waals surface area contributed by atoms with E-state index < -0.39 is 5.97 Å². The molecule has 0 aromatic heterocycles. The van der Waals surface area contributed by atoms with Gasteiger partial charge < -0.3 is 15.2 Å². The topological polar surface area (TPSA) is 107 Å². The van der Waals surface area contributed by atoms with Crippen LogP contribution >= 0.6 is 11.8 Å². The SMILES string of the molecule is CC(=C\c1ccccc1)/C=C1/SC(=O)N(CCCC(=O)Nc2ccc(C(=O)[O-])cc2)C1=O. The van der Waals surface area contributed by atoms with E-state index in [1.165, 1.54) is 24.3 Å². The molecule has 3 rings (SSSR count). The van der Waals surface area contributed by atoms with Crippen molar-refractivity contribution in [2.45, 2.75) is 19.8 Å². The number of hydrogen-bond donors (Lipinski definition) is 1. The zero-order valence-corrected chi connectivity index (χ0v) is 18.2. The summed E-state index contributed by atoms with van der Waals surface area (Å²) in [7, 11) is 0. The van der Waals surface area contributed by atoms with Crippen molar-refractivity contribution < 1.29 is 24.3 Å². The van der Waals surface area contributed by atoms with Gasteiger partial charge in [-0.15, -0.1) is 0 Å². The van der Waals surface area contributed by atoms with Gasteiger partial charge in [0.1, 0.15) is 0 Å². The Kier molecular flexibility index (Phi) is 7.62. The molecule has 0 radical (unpaired) electrons. The van der Waals surface area contributed by atoms with E-state index >= 15 is 0 Å². The number of thioether (sulfide) groups is 1. The lowest BCUT2D eigenvalue weighted by Gasteiger charge is -2.12. The minimum Gasteiger partial charge on any atom is -0.545 e. The molecule has 1 fully saturated rings. The van der Waals surface area contributed by atoms with Crippen molar-refractivity contribution in [2.24, 2.45) is 0 Å². The van der Waals surface area contributed by atoms with Crippen LogP contribution in [-0.4, -0.2) is 34.5 Å². The number of nitrogens with zero attached hydrogens (tertiary/aromatic N) is 1. The van der Waals surface area contributed by atoms with Gasteiger partial charge in [0.2, 0.25) is 5.91 Å². The van der Waals surface area contributed by atoms with E-state index in [2.05, 4.69) is 5.32 Å². The second-order valence-corrected chi connectivity index (χ2v) is 8.14. The fraction of sp³-hybridized carbons (Fsp3) is 0.167. The average Bonchev–Trinajstić information content (AvgIpc) is 3.02. The third-order valence-corrected chi connectivity index (χ3v) is 5.52. The van der Waals surface area contributed by atoms with Crippen LogP contribution in [0.4, 0.5) is 10.5 Å². The number of carboxylic acid groups (broad SMARTS) is 1. The number of amides is 3. The van der Waals surface area contributed by atoms with Gasteiger partial charge in [0, 0.05) is 18.7 Å². The molecule has 8 heteroatoms. The molecule has 2 aromatic rings. The Labute approximate surface area is 189 Å². The molecule has 164 valence electrons. The Morgan fingerprint density at radius 1 is 1.06 bits per heavy atom. The first-order valence-corrected chi connectivity index (χ1v) is 10.7. The van der Waals surface area contributed by atoms with Crippen molar-refractivity contribution in [1.29, 1.82) is 0 Å². The number of carbonyl (C=O) groups excluding carboxylic acids is 4. The van der Waals surface area contributed by atoms with Gasteiger partial charge in [0.15, 0.2) is 0 Å². The summed E-state index contributed by atoms with van der Waals surface area (Å²) in [6.45, 7) is 2.01. The number of imide groups is 1. The molecule has 1 heterocycles. The van der Waals surface area contributed by atoms with E-state index in [0.717, 1.165) is 27.8 Å². The molecule has 3 amide bonds. The first-order valence-electron chi connectivity index (χ1n) is 9.93. The second-order valence-electron chi connectivity index (χ2n) is 7.15. The molecular weight excluding hydrogens is 428 g/mol. The summed E-state index contributed by atoms with van der Waals surface area (Å²) in [6, 6.07) is 15.3. The van der Waals surface area contributed by atoms with Gasteiger partial charge in [-0.25, -0.2) is 0 Å². The van der Waals surface area contributed by atoms with Crippen LogP contribution in [-0.2, 0) is 9.59 Å². The molecule has 1 aliphatic rings. The zero-order valence-electron chi connectivity index (χ0n) is 17.4. The standard InChI is InChI=1S/C24H22N2O5S/c1-16(14-17-6-3-2-4-7-17)15-20-22(28)26(24(31)32-20)13-5-8-21(27)25-19-11-9-18(10-12-19)23(29)30/h2-4,6-7,9-12,14-15H,5,8,13H2,1H3,(H,25,27)(H,29,30)/p-1/b16-14+,20-15+. The summed E-state index contributed by atoms with van der Waals surface area (Å²) < 4.78 is 0. The number of benzene rings is 2. The van der Waals surface area contributed by atoms with Gasteiger partial charge >= 0.3 is 0 Å². The van der Waals surface area contributed by atoms with E-state index in [0.29, 0.717) is 17.0 Å². The second kappa shape index (κ2) is 10.6. The Balaban J connectivity index is 1.51. The number of anilines is 1. The fourth-order valence-electron chi connectivity index (χ4n) is 3.06. The van der Waals surface area contributed by atoms with Gasteiger partial charge in [-0.2, -0.15) is 0 Å². The molecule has 0 unspecified atom stereocenters. The van der Waals surface area contributed by atoms with Crippen LogP contribution < -0.4 is 10.4 Å². The van der Waals surface area contributed by atoms with Crippen LogP contribution in [0.3, 0.4) is 0 Å². The highest BCUT2D eigenvalue weighted by atomic mass is 32.2. The molecule has 0 saturated carbocycles. The van der Waals surface area contributed by atoms with Crippen LogP contribution in [0.5, 0.6) is 0 Å². The smallest absolute Gasteiger partial charge is 0.293 e. The van der Waals surface area contributed by atoms with E-state index in [-0.39, 0.29) is 35.6 Å². The molecule has 0 atom stereocenters. The van der Waals surface area contributed by atoms with Crippen molar-refractivity contribution in [2.75, 3.05) is 11.9 Å². The van der Waals surface area contributed by atoms with Gasteiger partial charge in [-0.3, -0.25) is 19.3 Å². The first kappa shape index (κ1) is 23.0. The van der Waals surface area contributed by atoms with E-state index in [4.69, 9.17) is 0 Å². The van der Waals surface area contributed by atoms with Crippen molar-refractivity contribution in [3.05, 3.63) is 82.3 Å². The highest BCUT2D eigenvalue weighted by Gasteiger charge is 2.34. The lowest BCUT2D eigenvalue weighted by molar-refractivity contribution is -0.255. The van der Waals surface area contributed by atoms with Crippen LogP contribution in [0.15, 0.2) is 71.2 Å². The summed E-state index contributed by atoms with van der Waals surface area (Å²) in [5.41, 5.74) is 2.32.